The molecule has 1 amide bonds. The van der Waals surface area contributed by atoms with Gasteiger partial charge in [-0.3, -0.25) is 9.59 Å². The maximum absolute atomic E-state index is 10.8. The van der Waals surface area contributed by atoms with E-state index in [2.05, 4.69) is 0 Å². The molecule has 7 heteroatoms. The van der Waals surface area contributed by atoms with Crippen LogP contribution in [0.15, 0.2) is 0 Å². The van der Waals surface area contributed by atoms with Gasteiger partial charge in [0.25, 0.3) is 0 Å². The maximum atomic E-state index is 10.8. The number of hydrogen-bond acceptors (Lipinski definition) is 4. The number of amides is 1. The lowest BCUT2D eigenvalue weighted by Crippen LogP contribution is -2.46. The molecule has 14 heavy (non-hydrogen) atoms. The van der Waals surface area contributed by atoms with Gasteiger partial charge in [0.2, 0.25) is 11.9 Å². The SMILES string of the molecule is CC(=O)CC(=O)NC(C(=O)O)C(=O)O. The minimum absolute atomic E-state index is 0.475. The van der Waals surface area contributed by atoms with Crippen LogP contribution in [0.1, 0.15) is 13.3 Å². The first kappa shape index (κ1) is 12.1. The number of rotatable bonds is 5. The molecular formula is C7H9NO6. The lowest BCUT2D eigenvalue weighted by Gasteiger charge is -2.08. The molecule has 0 atom stereocenters. The second kappa shape index (κ2) is 4.95. The molecule has 0 bridgehead atoms. The number of carboxylic acid groups (broad SMARTS) is 2. The van der Waals surface area contributed by atoms with Crippen molar-refractivity contribution in [2.24, 2.45) is 0 Å². The summed E-state index contributed by atoms with van der Waals surface area (Å²) in [6.07, 6.45) is -0.531. The number of carbonyl (C=O) groups is 4. The van der Waals surface area contributed by atoms with E-state index in [4.69, 9.17) is 10.2 Å². The normalized spacial score (nSPS) is 9.57. The Morgan fingerprint density at radius 2 is 1.57 bits per heavy atom. The third kappa shape index (κ3) is 4.19. The largest absolute Gasteiger partial charge is 0.479 e. The number of carboxylic acids is 2. The molecule has 0 spiro atoms. The first-order valence-corrected chi connectivity index (χ1v) is 3.59. The van der Waals surface area contributed by atoms with Crippen molar-refractivity contribution in [3.8, 4) is 0 Å². The zero-order valence-electron chi connectivity index (χ0n) is 7.31. The van der Waals surface area contributed by atoms with Crippen molar-refractivity contribution in [2.75, 3.05) is 0 Å². The highest BCUT2D eigenvalue weighted by molar-refractivity contribution is 6.04. The van der Waals surface area contributed by atoms with Crippen molar-refractivity contribution in [3.05, 3.63) is 0 Å². The summed E-state index contributed by atoms with van der Waals surface area (Å²) in [5, 5.41) is 18.4. The van der Waals surface area contributed by atoms with Crippen LogP contribution in [0.3, 0.4) is 0 Å². The summed E-state index contributed by atoms with van der Waals surface area (Å²) in [5.74, 6) is -4.77. The van der Waals surface area contributed by atoms with E-state index in [0.717, 1.165) is 6.92 Å². The van der Waals surface area contributed by atoms with E-state index in [9.17, 15) is 19.2 Å². The molecule has 78 valence electrons. The Balaban J connectivity index is 4.31. The molecule has 0 rings (SSSR count). The van der Waals surface area contributed by atoms with Crippen molar-refractivity contribution < 1.29 is 29.4 Å². The van der Waals surface area contributed by atoms with Gasteiger partial charge >= 0.3 is 11.9 Å². The zero-order chi connectivity index (χ0) is 11.3. The Kier molecular flexibility index (Phi) is 4.27. The van der Waals surface area contributed by atoms with E-state index in [1.54, 1.807) is 5.32 Å². The molecule has 0 aromatic heterocycles. The highest BCUT2D eigenvalue weighted by atomic mass is 16.4. The first-order valence-electron chi connectivity index (χ1n) is 3.59. The minimum atomic E-state index is -2.01. The summed E-state index contributed by atoms with van der Waals surface area (Å²) in [4.78, 5) is 41.8. The van der Waals surface area contributed by atoms with Crippen LogP contribution >= 0.6 is 0 Å². The van der Waals surface area contributed by atoms with E-state index in [-0.39, 0.29) is 0 Å². The third-order valence-electron chi connectivity index (χ3n) is 1.21. The Labute approximate surface area is 78.7 Å². The summed E-state index contributed by atoms with van der Waals surface area (Å²) >= 11 is 0. The fourth-order valence-corrected chi connectivity index (χ4v) is 0.667. The van der Waals surface area contributed by atoms with Gasteiger partial charge in [0.05, 0.1) is 6.42 Å². The summed E-state index contributed by atoms with van der Waals surface area (Å²) < 4.78 is 0. The standard InChI is InChI=1S/C7H9NO6/c1-3(9)2-4(10)8-5(6(11)12)7(13)14/h5H,2H2,1H3,(H,8,10)(H,11,12)(H,13,14). The van der Waals surface area contributed by atoms with Crippen LogP contribution in [0, 0.1) is 0 Å². The number of hydrogen-bond donors (Lipinski definition) is 3. The number of carbonyl (C=O) groups excluding carboxylic acids is 2. The Morgan fingerprint density at radius 1 is 1.14 bits per heavy atom. The van der Waals surface area contributed by atoms with Gasteiger partial charge in [-0.15, -0.1) is 0 Å². The average molecular weight is 203 g/mol. The van der Waals surface area contributed by atoms with Crippen LogP contribution in [0.5, 0.6) is 0 Å². The maximum Gasteiger partial charge on any atom is 0.338 e. The van der Waals surface area contributed by atoms with Crippen molar-refractivity contribution in [3.63, 3.8) is 0 Å². The average Bonchev–Trinajstić information content (AvgIpc) is 1.97. The van der Waals surface area contributed by atoms with Crippen LogP contribution in [0.2, 0.25) is 0 Å². The topological polar surface area (TPSA) is 121 Å². The fraction of sp³-hybridized carbons (Fsp3) is 0.429. The first-order chi connectivity index (χ1) is 6.34. The summed E-state index contributed by atoms with van der Waals surface area (Å²) in [5.41, 5.74) is 0. The quantitative estimate of drug-likeness (QED) is 0.473. The van der Waals surface area contributed by atoms with Gasteiger partial charge < -0.3 is 15.5 Å². The zero-order valence-corrected chi connectivity index (χ0v) is 7.31. The summed E-state index contributed by atoms with van der Waals surface area (Å²) in [6, 6.07) is -2.01. The second-order valence-electron chi connectivity index (χ2n) is 2.56. The predicted molar refractivity (Wildman–Crippen MR) is 42.5 cm³/mol. The molecule has 0 aliphatic carbocycles. The van der Waals surface area contributed by atoms with Crippen LogP contribution in [0.4, 0.5) is 0 Å². The smallest absolute Gasteiger partial charge is 0.338 e. The molecule has 0 aromatic rings. The second-order valence-corrected chi connectivity index (χ2v) is 2.56. The van der Waals surface area contributed by atoms with Gasteiger partial charge in [0.15, 0.2) is 0 Å². The highest BCUT2D eigenvalue weighted by Crippen LogP contribution is 1.88. The molecule has 0 fully saturated rings. The molecule has 0 unspecified atom stereocenters. The van der Waals surface area contributed by atoms with E-state index >= 15 is 0 Å². The van der Waals surface area contributed by atoms with Gasteiger partial charge in [-0.05, 0) is 6.92 Å². The predicted octanol–water partition coefficient (Wildman–Crippen LogP) is -1.38. The lowest BCUT2D eigenvalue weighted by atomic mass is 10.2. The minimum Gasteiger partial charge on any atom is -0.479 e. The van der Waals surface area contributed by atoms with Crippen molar-refractivity contribution >= 4 is 23.6 Å². The summed E-state index contributed by atoms with van der Waals surface area (Å²) in [7, 11) is 0. The van der Waals surface area contributed by atoms with Crippen LogP contribution in [0.25, 0.3) is 0 Å². The molecule has 0 saturated carbocycles. The molecule has 0 heterocycles. The fourth-order valence-electron chi connectivity index (χ4n) is 0.667. The summed E-state index contributed by atoms with van der Waals surface area (Å²) in [6.45, 7) is 1.14. The molecule has 0 aliphatic heterocycles. The van der Waals surface area contributed by atoms with Gasteiger partial charge in [0, 0.05) is 0 Å². The molecule has 0 saturated heterocycles. The van der Waals surface area contributed by atoms with E-state index in [0.29, 0.717) is 0 Å². The number of nitrogens with one attached hydrogen (secondary N) is 1. The van der Waals surface area contributed by atoms with Gasteiger partial charge in [0.1, 0.15) is 5.78 Å². The monoisotopic (exact) mass is 203 g/mol. The van der Waals surface area contributed by atoms with Crippen LogP contribution in [-0.2, 0) is 19.2 Å². The molecule has 0 aliphatic rings. The Hall–Kier alpha value is -1.92. The van der Waals surface area contributed by atoms with Crippen LogP contribution < -0.4 is 5.32 Å². The van der Waals surface area contributed by atoms with E-state index in [1.165, 1.54) is 0 Å². The third-order valence-corrected chi connectivity index (χ3v) is 1.21. The van der Waals surface area contributed by atoms with Crippen molar-refractivity contribution in [2.45, 2.75) is 19.4 Å². The molecule has 3 N–H and O–H groups in total. The van der Waals surface area contributed by atoms with Gasteiger partial charge in [-0.25, -0.2) is 9.59 Å². The molecule has 7 nitrogen and oxygen atoms in total. The molecule has 0 radical (unpaired) electrons. The molecular weight excluding hydrogens is 194 g/mol. The van der Waals surface area contributed by atoms with Crippen molar-refractivity contribution in [1.82, 2.24) is 5.32 Å². The van der Waals surface area contributed by atoms with Gasteiger partial charge in [-0.2, -0.15) is 0 Å². The number of ketones is 1. The van der Waals surface area contributed by atoms with E-state index < -0.39 is 36.1 Å². The van der Waals surface area contributed by atoms with Crippen molar-refractivity contribution in [1.29, 1.82) is 0 Å². The van der Waals surface area contributed by atoms with E-state index in [1.807, 2.05) is 0 Å². The van der Waals surface area contributed by atoms with Crippen LogP contribution in [-0.4, -0.2) is 39.9 Å². The Morgan fingerprint density at radius 3 is 1.86 bits per heavy atom. The van der Waals surface area contributed by atoms with Gasteiger partial charge in [-0.1, -0.05) is 0 Å². The number of aliphatic carboxylic acids is 2. The Bertz CT molecular complexity index is 270. The highest BCUT2D eigenvalue weighted by Gasteiger charge is 2.27. The number of Topliss-reactive ketones (excluding diaryl/α,β-unsaturated/α-hetero) is 1. The molecule has 0 aromatic carbocycles. The lowest BCUT2D eigenvalue weighted by molar-refractivity contribution is -0.153.